The molecule has 3 heterocycles. The Morgan fingerprint density at radius 1 is 1.22 bits per heavy atom. The number of fused-ring (bicyclic) bond motifs is 4. The SMILES string of the molecule is O=C1NCCc2c1sc1ccc(C(=O)N3Cc4ccccc4[C@@H](O)C3)cc21. The molecular weight excluding hydrogens is 360 g/mol. The lowest BCUT2D eigenvalue weighted by Gasteiger charge is -2.32. The number of hydrogen-bond acceptors (Lipinski definition) is 4. The average Bonchev–Trinajstić information content (AvgIpc) is 3.07. The van der Waals surface area contributed by atoms with Gasteiger partial charge in [0.05, 0.1) is 17.5 Å². The van der Waals surface area contributed by atoms with E-state index in [0.717, 1.165) is 38.1 Å². The summed E-state index contributed by atoms with van der Waals surface area (Å²) in [6.45, 7) is 1.41. The molecule has 1 aromatic heterocycles. The molecule has 2 aliphatic heterocycles. The number of thiophene rings is 1. The van der Waals surface area contributed by atoms with Gasteiger partial charge in [-0.2, -0.15) is 0 Å². The average molecular weight is 378 g/mol. The highest BCUT2D eigenvalue weighted by molar-refractivity contribution is 7.21. The summed E-state index contributed by atoms with van der Waals surface area (Å²) in [7, 11) is 0. The zero-order valence-electron chi connectivity index (χ0n) is 14.6. The molecule has 136 valence electrons. The third-order valence-electron chi connectivity index (χ3n) is 5.36. The van der Waals surface area contributed by atoms with E-state index < -0.39 is 6.10 Å². The van der Waals surface area contributed by atoms with E-state index in [2.05, 4.69) is 5.32 Å². The molecule has 2 aromatic carbocycles. The van der Waals surface area contributed by atoms with Crippen LogP contribution < -0.4 is 5.32 Å². The number of aliphatic hydroxyl groups excluding tert-OH is 1. The third-order valence-corrected chi connectivity index (χ3v) is 6.57. The van der Waals surface area contributed by atoms with Crippen molar-refractivity contribution in [3.63, 3.8) is 0 Å². The number of nitrogens with zero attached hydrogens (tertiary/aromatic N) is 1. The molecule has 0 radical (unpaired) electrons. The summed E-state index contributed by atoms with van der Waals surface area (Å²) in [5.41, 5.74) is 3.52. The Morgan fingerprint density at radius 3 is 2.96 bits per heavy atom. The van der Waals surface area contributed by atoms with Crippen LogP contribution in [0.15, 0.2) is 42.5 Å². The van der Waals surface area contributed by atoms with E-state index in [4.69, 9.17) is 0 Å². The van der Waals surface area contributed by atoms with Crippen molar-refractivity contribution in [2.45, 2.75) is 19.1 Å². The van der Waals surface area contributed by atoms with E-state index in [1.165, 1.54) is 11.3 Å². The Hall–Kier alpha value is -2.70. The number of benzene rings is 2. The van der Waals surface area contributed by atoms with Crippen LogP contribution in [0.1, 0.15) is 42.8 Å². The maximum Gasteiger partial charge on any atom is 0.261 e. The van der Waals surface area contributed by atoms with Gasteiger partial charge in [-0.1, -0.05) is 24.3 Å². The third kappa shape index (κ3) is 2.64. The van der Waals surface area contributed by atoms with E-state index >= 15 is 0 Å². The lowest BCUT2D eigenvalue weighted by Crippen LogP contribution is -2.38. The minimum absolute atomic E-state index is 0.0268. The number of carbonyl (C=O) groups excluding carboxylic acids is 2. The number of amides is 2. The van der Waals surface area contributed by atoms with Crippen LogP contribution in [0.2, 0.25) is 0 Å². The minimum atomic E-state index is -0.666. The Kier molecular flexibility index (Phi) is 3.77. The maximum atomic E-state index is 13.1. The van der Waals surface area contributed by atoms with Crippen molar-refractivity contribution in [3.05, 3.63) is 69.6 Å². The van der Waals surface area contributed by atoms with Crippen LogP contribution in [0, 0.1) is 0 Å². The van der Waals surface area contributed by atoms with Gasteiger partial charge in [0, 0.05) is 23.4 Å². The van der Waals surface area contributed by atoms with Gasteiger partial charge in [0.15, 0.2) is 0 Å². The van der Waals surface area contributed by atoms with Gasteiger partial charge in [0.1, 0.15) is 0 Å². The first-order valence-electron chi connectivity index (χ1n) is 9.00. The van der Waals surface area contributed by atoms with Crippen LogP contribution in [0.4, 0.5) is 0 Å². The summed E-state index contributed by atoms with van der Waals surface area (Å²) in [5.74, 6) is -0.119. The first-order chi connectivity index (χ1) is 13.1. The molecule has 2 N–H and O–H groups in total. The van der Waals surface area contributed by atoms with Crippen LogP contribution in [0.5, 0.6) is 0 Å². The smallest absolute Gasteiger partial charge is 0.261 e. The molecule has 0 fully saturated rings. The van der Waals surface area contributed by atoms with Gasteiger partial charge < -0.3 is 15.3 Å². The topological polar surface area (TPSA) is 69.6 Å². The van der Waals surface area contributed by atoms with Crippen molar-refractivity contribution in [1.82, 2.24) is 10.2 Å². The fourth-order valence-electron chi connectivity index (χ4n) is 4.01. The molecule has 0 spiro atoms. The molecule has 0 bridgehead atoms. The quantitative estimate of drug-likeness (QED) is 0.684. The largest absolute Gasteiger partial charge is 0.387 e. The van der Waals surface area contributed by atoms with Gasteiger partial charge in [-0.05, 0) is 46.7 Å². The predicted octanol–water partition coefficient (Wildman–Crippen LogP) is 2.88. The van der Waals surface area contributed by atoms with Gasteiger partial charge in [-0.15, -0.1) is 11.3 Å². The van der Waals surface area contributed by atoms with Gasteiger partial charge in [-0.25, -0.2) is 0 Å². The maximum absolute atomic E-state index is 13.1. The highest BCUT2D eigenvalue weighted by Gasteiger charge is 2.28. The van der Waals surface area contributed by atoms with Crippen LogP contribution >= 0.6 is 11.3 Å². The van der Waals surface area contributed by atoms with Crippen molar-refractivity contribution < 1.29 is 14.7 Å². The Balaban J connectivity index is 1.50. The standard InChI is InChI=1S/C21H18N2O3S/c24-17-11-23(10-13-3-1-2-4-14(13)17)21(26)12-5-6-18-16(9-12)15-7-8-22-20(25)19(15)27-18/h1-6,9,17,24H,7-8,10-11H2,(H,22,25)/t17-/m0/s1. The predicted molar refractivity (Wildman–Crippen MR) is 104 cm³/mol. The van der Waals surface area contributed by atoms with Crippen LogP contribution in [0.25, 0.3) is 10.1 Å². The molecule has 0 saturated heterocycles. The highest BCUT2D eigenvalue weighted by Crippen LogP contribution is 2.34. The first kappa shape index (κ1) is 16.5. The van der Waals surface area contributed by atoms with E-state index in [1.54, 1.807) is 4.90 Å². The zero-order valence-corrected chi connectivity index (χ0v) is 15.4. The monoisotopic (exact) mass is 378 g/mol. The second kappa shape index (κ2) is 6.18. The van der Waals surface area contributed by atoms with Gasteiger partial charge in [0.2, 0.25) is 0 Å². The summed E-state index contributed by atoms with van der Waals surface area (Å²) < 4.78 is 1.03. The number of aliphatic hydroxyl groups is 1. The summed E-state index contributed by atoms with van der Waals surface area (Å²) in [6, 6.07) is 13.3. The van der Waals surface area contributed by atoms with Crippen molar-refractivity contribution in [3.8, 4) is 0 Å². The van der Waals surface area contributed by atoms with Crippen molar-refractivity contribution in [2.75, 3.05) is 13.1 Å². The van der Waals surface area contributed by atoms with Crippen molar-refractivity contribution in [2.24, 2.45) is 0 Å². The second-order valence-corrected chi connectivity index (χ2v) is 8.08. The number of carbonyl (C=O) groups is 2. The minimum Gasteiger partial charge on any atom is -0.387 e. The van der Waals surface area contributed by atoms with E-state index in [-0.39, 0.29) is 18.4 Å². The Labute approximate surface area is 160 Å². The number of rotatable bonds is 1. The van der Waals surface area contributed by atoms with Crippen LogP contribution in [-0.4, -0.2) is 34.9 Å². The zero-order chi connectivity index (χ0) is 18.5. The molecule has 5 rings (SSSR count). The first-order valence-corrected chi connectivity index (χ1v) is 9.82. The molecule has 2 amide bonds. The molecule has 27 heavy (non-hydrogen) atoms. The van der Waals surface area contributed by atoms with Crippen LogP contribution in [0.3, 0.4) is 0 Å². The van der Waals surface area contributed by atoms with Gasteiger partial charge in [-0.3, -0.25) is 9.59 Å². The molecule has 6 heteroatoms. The summed E-state index contributed by atoms with van der Waals surface area (Å²) >= 11 is 1.48. The number of β-amino-alcohol motifs (C(OH)–C–C–N with tert-alkyl or cyclic N) is 1. The fraction of sp³-hybridized carbons (Fsp3) is 0.238. The van der Waals surface area contributed by atoms with E-state index in [0.29, 0.717) is 18.7 Å². The molecule has 1 atom stereocenters. The van der Waals surface area contributed by atoms with Gasteiger partial charge >= 0.3 is 0 Å². The molecule has 0 saturated carbocycles. The molecule has 3 aromatic rings. The lowest BCUT2D eigenvalue weighted by atomic mass is 9.96. The van der Waals surface area contributed by atoms with Gasteiger partial charge in [0.25, 0.3) is 11.8 Å². The Morgan fingerprint density at radius 2 is 2.07 bits per heavy atom. The normalized spacial score (nSPS) is 18.8. The summed E-state index contributed by atoms with van der Waals surface area (Å²) in [6.07, 6.45) is 0.120. The molecule has 5 nitrogen and oxygen atoms in total. The molecular formula is C21H18N2O3S. The highest BCUT2D eigenvalue weighted by atomic mass is 32.1. The second-order valence-electron chi connectivity index (χ2n) is 7.03. The Bertz CT molecular complexity index is 1090. The molecule has 0 aliphatic carbocycles. The fourth-order valence-corrected chi connectivity index (χ4v) is 5.16. The number of hydrogen-bond donors (Lipinski definition) is 2. The van der Waals surface area contributed by atoms with E-state index in [9.17, 15) is 14.7 Å². The van der Waals surface area contributed by atoms with Crippen molar-refractivity contribution in [1.29, 1.82) is 0 Å². The van der Waals surface area contributed by atoms with Crippen molar-refractivity contribution >= 4 is 33.2 Å². The van der Waals surface area contributed by atoms with Crippen LogP contribution in [-0.2, 0) is 13.0 Å². The lowest BCUT2D eigenvalue weighted by molar-refractivity contribution is 0.0550. The summed E-state index contributed by atoms with van der Waals surface area (Å²) in [5, 5.41) is 14.3. The van der Waals surface area contributed by atoms with E-state index in [1.807, 2.05) is 42.5 Å². The summed E-state index contributed by atoms with van der Waals surface area (Å²) in [4.78, 5) is 27.6. The molecule has 0 unspecified atom stereocenters. The number of nitrogens with one attached hydrogen (secondary N) is 1. The molecule has 2 aliphatic rings.